The molecule has 0 fully saturated rings. The molecule has 0 aliphatic rings. The molecule has 0 amide bonds. The molecular weight excluding hydrogens is 320 g/mol. The van der Waals surface area contributed by atoms with Crippen molar-refractivity contribution < 1.29 is 15.0 Å². The van der Waals surface area contributed by atoms with Gasteiger partial charge in [-0.15, -0.1) is 0 Å². The van der Waals surface area contributed by atoms with Gasteiger partial charge in [0.1, 0.15) is 11.1 Å². The zero-order chi connectivity index (χ0) is 18.2. The van der Waals surface area contributed by atoms with E-state index in [1.54, 1.807) is 32.2 Å². The van der Waals surface area contributed by atoms with Gasteiger partial charge < -0.3 is 20.2 Å². The van der Waals surface area contributed by atoms with Crippen molar-refractivity contribution in [2.24, 2.45) is 0 Å². The molecule has 6 heteroatoms. The molecule has 0 aliphatic carbocycles. The predicted molar refractivity (Wildman–Crippen MR) is 95.6 cm³/mol. The van der Waals surface area contributed by atoms with Gasteiger partial charge in [0.25, 0.3) is 5.56 Å². The van der Waals surface area contributed by atoms with E-state index in [0.29, 0.717) is 28.4 Å². The lowest BCUT2D eigenvalue weighted by atomic mass is 10.0. The van der Waals surface area contributed by atoms with Crippen LogP contribution in [-0.2, 0) is 11.2 Å². The minimum absolute atomic E-state index is 0.0144. The van der Waals surface area contributed by atoms with Crippen LogP contribution in [0.4, 0.5) is 0 Å². The van der Waals surface area contributed by atoms with E-state index in [4.69, 9.17) is 5.11 Å². The maximum atomic E-state index is 12.2. The van der Waals surface area contributed by atoms with E-state index in [2.05, 4.69) is 21.8 Å². The molecule has 1 aromatic carbocycles. The summed E-state index contributed by atoms with van der Waals surface area (Å²) in [6.07, 6.45) is 1.99. The zero-order valence-corrected chi connectivity index (χ0v) is 13.9. The maximum absolute atomic E-state index is 12.2. The second kappa shape index (κ2) is 6.11. The van der Waals surface area contributed by atoms with Gasteiger partial charge in [0, 0.05) is 34.5 Å². The Bertz CT molecular complexity index is 1090. The van der Waals surface area contributed by atoms with Crippen LogP contribution in [0.1, 0.15) is 31.4 Å². The molecule has 2 aromatic heterocycles. The Balaban J connectivity index is 2.22. The highest BCUT2D eigenvalue weighted by Gasteiger charge is 2.13. The first-order valence-corrected chi connectivity index (χ1v) is 7.88. The predicted octanol–water partition coefficient (Wildman–Crippen LogP) is 2.15. The van der Waals surface area contributed by atoms with E-state index >= 15 is 0 Å². The highest BCUT2D eigenvalue weighted by Crippen LogP contribution is 2.26. The highest BCUT2D eigenvalue weighted by molar-refractivity contribution is 6.06. The Morgan fingerprint density at radius 3 is 2.76 bits per heavy atom. The molecule has 0 bridgehead atoms. The smallest absolute Gasteiger partial charge is 0.303 e. The van der Waals surface area contributed by atoms with E-state index in [9.17, 15) is 14.7 Å². The van der Waals surface area contributed by atoms with Crippen LogP contribution in [0.25, 0.3) is 21.8 Å². The van der Waals surface area contributed by atoms with Gasteiger partial charge in [0.2, 0.25) is 0 Å². The number of aryl methyl sites for hydroxylation is 1. The Kier molecular flexibility index (Phi) is 4.11. The third-order valence-electron chi connectivity index (χ3n) is 3.85. The average Bonchev–Trinajstić information content (AvgIpc) is 2.95. The number of pyridine rings is 1. The minimum Gasteiger partial charge on any atom is -0.481 e. The minimum atomic E-state index is -1.10. The number of hydrogen-bond acceptors (Lipinski definition) is 3. The second-order valence-electron chi connectivity index (χ2n) is 6.48. The third-order valence-corrected chi connectivity index (χ3v) is 3.85. The van der Waals surface area contributed by atoms with E-state index in [1.807, 2.05) is 6.07 Å². The summed E-state index contributed by atoms with van der Waals surface area (Å²) in [5.74, 6) is 4.79. The van der Waals surface area contributed by atoms with Crippen LogP contribution in [0.2, 0.25) is 0 Å². The first kappa shape index (κ1) is 16.8. The fourth-order valence-electron chi connectivity index (χ4n) is 2.74. The van der Waals surface area contributed by atoms with Gasteiger partial charge in [-0.25, -0.2) is 0 Å². The third kappa shape index (κ3) is 3.57. The van der Waals surface area contributed by atoms with Crippen molar-refractivity contribution in [2.45, 2.75) is 32.3 Å². The van der Waals surface area contributed by atoms with Crippen LogP contribution in [0, 0.1) is 11.8 Å². The number of aromatic amines is 2. The van der Waals surface area contributed by atoms with E-state index in [0.717, 1.165) is 10.9 Å². The van der Waals surface area contributed by atoms with Gasteiger partial charge in [0.05, 0.1) is 0 Å². The lowest BCUT2D eigenvalue weighted by Crippen LogP contribution is -2.14. The molecule has 3 rings (SSSR count). The standard InChI is InChI=1S/C19H18N2O4/c1-19(2,25)8-7-11-3-5-14-13(9-11)16-12(4-6-15(22)23)10-20-17(16)18(24)21-14/h3,5,9-10,20,25H,4,6H2,1-2H3,(H,21,24)(H,22,23). The lowest BCUT2D eigenvalue weighted by Gasteiger charge is -2.06. The van der Waals surface area contributed by atoms with Gasteiger partial charge in [-0.2, -0.15) is 0 Å². The summed E-state index contributed by atoms with van der Waals surface area (Å²) in [7, 11) is 0. The molecule has 0 saturated carbocycles. The number of aromatic nitrogens is 2. The fraction of sp³-hybridized carbons (Fsp3) is 0.263. The van der Waals surface area contributed by atoms with Gasteiger partial charge in [-0.1, -0.05) is 11.8 Å². The second-order valence-corrected chi connectivity index (χ2v) is 6.48. The summed E-state index contributed by atoms with van der Waals surface area (Å²) < 4.78 is 0. The molecule has 0 unspecified atom stereocenters. The number of nitrogens with one attached hydrogen (secondary N) is 2. The van der Waals surface area contributed by atoms with Gasteiger partial charge in [-0.05, 0) is 44.0 Å². The number of aliphatic carboxylic acids is 1. The molecular formula is C19H18N2O4. The van der Waals surface area contributed by atoms with Crippen LogP contribution in [0.15, 0.2) is 29.2 Å². The molecule has 0 spiro atoms. The van der Waals surface area contributed by atoms with Crippen molar-refractivity contribution in [2.75, 3.05) is 0 Å². The number of carboxylic acids is 1. The van der Waals surface area contributed by atoms with Crippen LogP contribution in [0.5, 0.6) is 0 Å². The molecule has 0 radical (unpaired) electrons. The van der Waals surface area contributed by atoms with Crippen molar-refractivity contribution in [1.29, 1.82) is 0 Å². The molecule has 2 heterocycles. The first-order chi connectivity index (χ1) is 11.7. The molecule has 0 aliphatic heterocycles. The molecule has 6 nitrogen and oxygen atoms in total. The molecule has 25 heavy (non-hydrogen) atoms. The number of fused-ring (bicyclic) bond motifs is 3. The van der Waals surface area contributed by atoms with Crippen molar-refractivity contribution in [3.63, 3.8) is 0 Å². The van der Waals surface area contributed by atoms with Crippen LogP contribution < -0.4 is 5.56 Å². The Morgan fingerprint density at radius 2 is 2.08 bits per heavy atom. The number of H-pyrrole nitrogens is 2. The highest BCUT2D eigenvalue weighted by atomic mass is 16.4. The first-order valence-electron chi connectivity index (χ1n) is 7.88. The van der Waals surface area contributed by atoms with E-state index < -0.39 is 11.6 Å². The summed E-state index contributed by atoms with van der Waals surface area (Å²) in [6, 6.07) is 5.37. The molecule has 3 aromatic rings. The van der Waals surface area contributed by atoms with Crippen LogP contribution >= 0.6 is 0 Å². The maximum Gasteiger partial charge on any atom is 0.303 e. The zero-order valence-electron chi connectivity index (χ0n) is 13.9. The Hall–Kier alpha value is -3.04. The number of carboxylic acid groups (broad SMARTS) is 1. The van der Waals surface area contributed by atoms with Crippen molar-refractivity contribution >= 4 is 27.8 Å². The lowest BCUT2D eigenvalue weighted by molar-refractivity contribution is -0.136. The van der Waals surface area contributed by atoms with Gasteiger partial charge in [-0.3, -0.25) is 9.59 Å². The largest absolute Gasteiger partial charge is 0.481 e. The van der Waals surface area contributed by atoms with Crippen LogP contribution in [-0.4, -0.2) is 31.8 Å². The molecule has 0 saturated heterocycles. The molecule has 0 atom stereocenters. The summed E-state index contributed by atoms with van der Waals surface area (Å²) in [5.41, 5.74) is 1.20. The summed E-state index contributed by atoms with van der Waals surface area (Å²) >= 11 is 0. The SMILES string of the molecule is CC(C)(O)C#Cc1ccc2[nH]c(=O)c3[nH]cc(CCC(=O)O)c3c2c1. The number of carbonyl (C=O) groups is 1. The van der Waals surface area contributed by atoms with E-state index in [-0.39, 0.29) is 12.0 Å². The quantitative estimate of drug-likeness (QED) is 0.549. The topological polar surface area (TPSA) is 106 Å². The Morgan fingerprint density at radius 1 is 1.32 bits per heavy atom. The molecule has 128 valence electrons. The summed E-state index contributed by atoms with van der Waals surface area (Å²) in [6.45, 7) is 3.21. The van der Waals surface area contributed by atoms with Gasteiger partial charge >= 0.3 is 5.97 Å². The monoisotopic (exact) mass is 338 g/mol. The van der Waals surface area contributed by atoms with Crippen molar-refractivity contribution in [3.8, 4) is 11.8 Å². The normalized spacial score (nSPS) is 11.5. The summed E-state index contributed by atoms with van der Waals surface area (Å²) in [4.78, 5) is 28.8. The van der Waals surface area contributed by atoms with Gasteiger partial charge in [0.15, 0.2) is 0 Å². The summed E-state index contributed by atoms with van der Waals surface area (Å²) in [5, 5.41) is 20.2. The van der Waals surface area contributed by atoms with Crippen molar-refractivity contribution in [3.05, 3.63) is 45.9 Å². The van der Waals surface area contributed by atoms with Crippen molar-refractivity contribution in [1.82, 2.24) is 9.97 Å². The number of aliphatic hydroxyl groups is 1. The number of hydrogen-bond donors (Lipinski definition) is 4. The van der Waals surface area contributed by atoms with Crippen LogP contribution in [0.3, 0.4) is 0 Å². The molecule has 4 N–H and O–H groups in total. The fourth-order valence-corrected chi connectivity index (χ4v) is 2.74. The number of rotatable bonds is 3. The van der Waals surface area contributed by atoms with E-state index in [1.165, 1.54) is 0 Å². The Labute approximate surface area is 143 Å². The number of benzene rings is 1. The average molecular weight is 338 g/mol.